The molecule has 7 heteroatoms. The molecule has 0 amide bonds. The van der Waals surface area contributed by atoms with Gasteiger partial charge in [0.25, 0.3) is 0 Å². The molecular formula is C22H26BrNO5. The van der Waals surface area contributed by atoms with E-state index >= 15 is 0 Å². The third-order valence-corrected chi connectivity index (χ3v) is 6.08. The summed E-state index contributed by atoms with van der Waals surface area (Å²) in [6.07, 6.45) is 2.50. The van der Waals surface area contributed by atoms with Crippen LogP contribution in [0.15, 0.2) is 40.9 Å². The van der Waals surface area contributed by atoms with Gasteiger partial charge in [0.05, 0.1) is 27.4 Å². The Balaban J connectivity index is 2.15. The van der Waals surface area contributed by atoms with Crippen molar-refractivity contribution in [2.45, 2.75) is 31.3 Å². The van der Waals surface area contributed by atoms with Gasteiger partial charge in [0.2, 0.25) is 0 Å². The van der Waals surface area contributed by atoms with E-state index in [0.29, 0.717) is 24.5 Å². The predicted molar refractivity (Wildman–Crippen MR) is 114 cm³/mol. The Morgan fingerprint density at radius 2 is 1.72 bits per heavy atom. The zero-order valence-corrected chi connectivity index (χ0v) is 18.4. The van der Waals surface area contributed by atoms with Gasteiger partial charge in [0.1, 0.15) is 11.8 Å². The summed E-state index contributed by atoms with van der Waals surface area (Å²) in [7, 11) is 4.82. The normalized spacial score (nSPS) is 18.1. The zero-order chi connectivity index (χ0) is 21.0. The van der Waals surface area contributed by atoms with Crippen LogP contribution in [0, 0.1) is 0 Å². The first kappa shape index (κ1) is 21.5. The average Bonchev–Trinajstić information content (AvgIpc) is 2.75. The minimum Gasteiger partial charge on any atom is -0.497 e. The number of benzene rings is 2. The van der Waals surface area contributed by atoms with Crippen molar-refractivity contribution in [3.8, 4) is 17.2 Å². The van der Waals surface area contributed by atoms with Crippen LogP contribution >= 0.6 is 15.9 Å². The van der Waals surface area contributed by atoms with Gasteiger partial charge in [-0.15, -0.1) is 0 Å². The van der Waals surface area contributed by atoms with E-state index in [1.54, 1.807) is 21.3 Å². The van der Waals surface area contributed by atoms with E-state index in [9.17, 15) is 9.90 Å². The molecule has 29 heavy (non-hydrogen) atoms. The third kappa shape index (κ3) is 4.51. The van der Waals surface area contributed by atoms with Crippen molar-refractivity contribution in [1.82, 2.24) is 4.90 Å². The SMILES string of the molecule is COc1ccc(C(c2cc(OC)c(OC)cc2Br)N2CCCCC2C(=O)O)cc1. The molecule has 0 aromatic heterocycles. The molecule has 0 radical (unpaired) electrons. The first-order chi connectivity index (χ1) is 14.0. The maximum atomic E-state index is 12.0. The number of piperidine rings is 1. The number of likely N-dealkylation sites (tertiary alicyclic amines) is 1. The van der Waals surface area contributed by atoms with Gasteiger partial charge in [-0.1, -0.05) is 34.5 Å². The number of hydrogen-bond acceptors (Lipinski definition) is 5. The van der Waals surface area contributed by atoms with Gasteiger partial charge in [-0.2, -0.15) is 0 Å². The summed E-state index contributed by atoms with van der Waals surface area (Å²) in [5.74, 6) is 1.19. The van der Waals surface area contributed by atoms with E-state index in [4.69, 9.17) is 14.2 Å². The van der Waals surface area contributed by atoms with Crippen molar-refractivity contribution in [2.24, 2.45) is 0 Å². The molecule has 156 valence electrons. The highest BCUT2D eigenvalue weighted by molar-refractivity contribution is 9.10. The van der Waals surface area contributed by atoms with Crippen molar-refractivity contribution in [1.29, 1.82) is 0 Å². The molecule has 3 rings (SSSR count). The van der Waals surface area contributed by atoms with Gasteiger partial charge < -0.3 is 19.3 Å². The van der Waals surface area contributed by atoms with Crippen LogP contribution in [0.2, 0.25) is 0 Å². The molecule has 0 saturated carbocycles. The second-order valence-electron chi connectivity index (χ2n) is 6.99. The number of aliphatic carboxylic acids is 1. The van der Waals surface area contributed by atoms with Gasteiger partial charge in [-0.3, -0.25) is 9.69 Å². The molecule has 0 aliphatic carbocycles. The summed E-state index contributed by atoms with van der Waals surface area (Å²) in [5.41, 5.74) is 1.92. The largest absolute Gasteiger partial charge is 0.497 e. The van der Waals surface area contributed by atoms with Crippen LogP contribution in [0.25, 0.3) is 0 Å². The maximum Gasteiger partial charge on any atom is 0.320 e. The molecular weight excluding hydrogens is 438 g/mol. The molecule has 2 atom stereocenters. The number of carbonyl (C=O) groups is 1. The highest BCUT2D eigenvalue weighted by atomic mass is 79.9. The Bertz CT molecular complexity index is 855. The van der Waals surface area contributed by atoms with E-state index in [0.717, 1.165) is 34.2 Å². The van der Waals surface area contributed by atoms with Crippen LogP contribution in [-0.4, -0.2) is 49.9 Å². The maximum absolute atomic E-state index is 12.0. The van der Waals surface area contributed by atoms with Crippen LogP contribution in [0.4, 0.5) is 0 Å². The minimum absolute atomic E-state index is 0.253. The van der Waals surface area contributed by atoms with Crippen LogP contribution in [-0.2, 0) is 4.79 Å². The van der Waals surface area contributed by atoms with E-state index in [1.807, 2.05) is 36.4 Å². The minimum atomic E-state index is -0.792. The lowest BCUT2D eigenvalue weighted by molar-refractivity contribution is -0.145. The number of nitrogens with zero attached hydrogens (tertiary/aromatic N) is 1. The molecule has 1 fully saturated rings. The molecule has 2 aromatic rings. The molecule has 1 aliphatic heterocycles. The number of carboxylic acid groups (broad SMARTS) is 1. The Morgan fingerprint density at radius 3 is 2.31 bits per heavy atom. The van der Waals surface area contributed by atoms with Gasteiger partial charge in [-0.05, 0) is 54.8 Å². The molecule has 0 spiro atoms. The second kappa shape index (κ2) is 9.50. The quantitative estimate of drug-likeness (QED) is 0.651. The van der Waals surface area contributed by atoms with Crippen LogP contribution in [0.3, 0.4) is 0 Å². The zero-order valence-electron chi connectivity index (χ0n) is 16.9. The Hall–Kier alpha value is -2.25. The van der Waals surface area contributed by atoms with Gasteiger partial charge in [0.15, 0.2) is 11.5 Å². The monoisotopic (exact) mass is 463 g/mol. The van der Waals surface area contributed by atoms with E-state index in [1.165, 1.54) is 0 Å². The van der Waals surface area contributed by atoms with Crippen molar-refractivity contribution < 1.29 is 24.1 Å². The molecule has 1 aliphatic rings. The summed E-state index contributed by atoms with van der Waals surface area (Å²) in [5, 5.41) is 9.87. The second-order valence-corrected chi connectivity index (χ2v) is 7.85. The van der Waals surface area contributed by atoms with Crippen molar-refractivity contribution in [2.75, 3.05) is 27.9 Å². The van der Waals surface area contributed by atoms with Crippen LogP contribution in [0.1, 0.15) is 36.4 Å². The summed E-state index contributed by atoms with van der Waals surface area (Å²) >= 11 is 3.67. The standard InChI is InChI=1S/C22H26BrNO5/c1-27-15-9-7-14(8-10-15)21(24-11-5-4-6-18(24)22(25)26)16-12-19(28-2)20(29-3)13-17(16)23/h7-10,12-13,18,21H,4-6,11H2,1-3H3,(H,25,26). The van der Waals surface area contributed by atoms with E-state index in [-0.39, 0.29) is 6.04 Å². The van der Waals surface area contributed by atoms with Crippen molar-refractivity contribution in [3.05, 3.63) is 52.0 Å². The van der Waals surface area contributed by atoms with Gasteiger partial charge in [-0.25, -0.2) is 0 Å². The van der Waals surface area contributed by atoms with Crippen molar-refractivity contribution in [3.63, 3.8) is 0 Å². The first-order valence-electron chi connectivity index (χ1n) is 9.54. The molecule has 1 saturated heterocycles. The van der Waals surface area contributed by atoms with Gasteiger partial charge in [0, 0.05) is 4.47 Å². The van der Waals surface area contributed by atoms with E-state index < -0.39 is 12.0 Å². The summed E-state index contributed by atoms with van der Waals surface area (Å²) < 4.78 is 17.1. The molecule has 1 heterocycles. The Morgan fingerprint density at radius 1 is 1.07 bits per heavy atom. The fraction of sp³-hybridized carbons (Fsp3) is 0.409. The smallest absolute Gasteiger partial charge is 0.320 e. The lowest BCUT2D eigenvalue weighted by Crippen LogP contribution is -2.46. The first-order valence-corrected chi connectivity index (χ1v) is 10.3. The van der Waals surface area contributed by atoms with Crippen LogP contribution in [0.5, 0.6) is 17.2 Å². The van der Waals surface area contributed by atoms with Crippen molar-refractivity contribution >= 4 is 21.9 Å². The summed E-state index contributed by atoms with van der Waals surface area (Å²) in [4.78, 5) is 14.1. The molecule has 1 N–H and O–H groups in total. The van der Waals surface area contributed by atoms with Crippen LogP contribution < -0.4 is 14.2 Å². The topological polar surface area (TPSA) is 68.2 Å². The lowest BCUT2D eigenvalue weighted by Gasteiger charge is -2.40. The van der Waals surface area contributed by atoms with E-state index in [2.05, 4.69) is 20.8 Å². The number of methoxy groups -OCH3 is 3. The molecule has 2 unspecified atom stereocenters. The fourth-order valence-corrected chi connectivity index (χ4v) is 4.48. The lowest BCUT2D eigenvalue weighted by atomic mass is 9.91. The Labute approximate surface area is 179 Å². The third-order valence-electron chi connectivity index (χ3n) is 5.39. The average molecular weight is 464 g/mol. The number of ether oxygens (including phenoxy) is 3. The highest BCUT2D eigenvalue weighted by Gasteiger charge is 2.36. The summed E-state index contributed by atoms with van der Waals surface area (Å²) in [6, 6.07) is 10.8. The Kier molecular flexibility index (Phi) is 7.03. The number of rotatable bonds is 7. The summed E-state index contributed by atoms with van der Waals surface area (Å²) in [6.45, 7) is 0.703. The predicted octanol–water partition coefficient (Wildman–Crippen LogP) is 4.50. The number of halogens is 1. The van der Waals surface area contributed by atoms with Gasteiger partial charge >= 0.3 is 5.97 Å². The number of hydrogen-bond donors (Lipinski definition) is 1. The molecule has 2 aromatic carbocycles. The molecule has 6 nitrogen and oxygen atoms in total. The highest BCUT2D eigenvalue weighted by Crippen LogP contribution is 2.42. The number of carboxylic acids is 1. The fourth-order valence-electron chi connectivity index (χ4n) is 3.94. The molecule has 0 bridgehead atoms.